The lowest BCUT2D eigenvalue weighted by atomic mass is 9.76. The Balaban J connectivity index is 2.17. The first kappa shape index (κ1) is 20.1. The first-order valence-electron chi connectivity index (χ1n) is 9.59. The zero-order chi connectivity index (χ0) is 19.8. The molecular formula is C24H28N2O2. The van der Waals surface area contributed by atoms with Crippen molar-refractivity contribution in [3.63, 3.8) is 0 Å². The summed E-state index contributed by atoms with van der Waals surface area (Å²) in [6.45, 7) is 3.02. The number of hydrogen-bond donors (Lipinski definition) is 3. The summed E-state index contributed by atoms with van der Waals surface area (Å²) >= 11 is 0. The van der Waals surface area contributed by atoms with E-state index in [2.05, 4.69) is 65.2 Å². The van der Waals surface area contributed by atoms with Crippen molar-refractivity contribution < 1.29 is 9.84 Å². The Labute approximate surface area is 167 Å². The van der Waals surface area contributed by atoms with Crippen LogP contribution in [0.15, 0.2) is 84.9 Å². The molecule has 0 aliphatic rings. The van der Waals surface area contributed by atoms with E-state index in [1.54, 1.807) is 14.0 Å². The first-order valence-corrected chi connectivity index (χ1v) is 9.59. The molecular weight excluding hydrogens is 348 g/mol. The fourth-order valence-corrected chi connectivity index (χ4v) is 3.64. The maximum atomic E-state index is 9.56. The molecule has 0 amide bonds. The molecule has 0 aliphatic carbocycles. The molecule has 1 atom stereocenters. The number of para-hydroxylation sites is 1. The standard InChI is InChI=1S/C24H28N2O2/c1-19(27)25-17-18-26-24(20-11-5-3-6-12-20,21-13-7-4-8-14-21)22-15-9-10-16-23(22)28-2/h3-16,19,25-27H,17-18H2,1-2H3. The lowest BCUT2D eigenvalue weighted by Crippen LogP contribution is -2.48. The summed E-state index contributed by atoms with van der Waals surface area (Å²) in [5, 5.41) is 16.4. The molecule has 3 aromatic carbocycles. The van der Waals surface area contributed by atoms with E-state index in [9.17, 15) is 5.11 Å². The molecule has 3 aromatic rings. The molecule has 0 saturated carbocycles. The lowest BCUT2D eigenvalue weighted by Gasteiger charge is -2.38. The molecule has 0 spiro atoms. The van der Waals surface area contributed by atoms with Gasteiger partial charge < -0.3 is 9.84 Å². The maximum absolute atomic E-state index is 9.56. The molecule has 0 saturated heterocycles. The maximum Gasteiger partial charge on any atom is 0.124 e. The Morgan fingerprint density at radius 3 is 1.89 bits per heavy atom. The number of nitrogens with one attached hydrogen (secondary N) is 2. The van der Waals surface area contributed by atoms with Gasteiger partial charge >= 0.3 is 0 Å². The Kier molecular flexibility index (Phi) is 6.82. The number of ether oxygens (including phenoxy) is 1. The zero-order valence-corrected chi connectivity index (χ0v) is 16.4. The van der Waals surface area contributed by atoms with Crippen molar-refractivity contribution in [3.05, 3.63) is 102 Å². The highest BCUT2D eigenvalue weighted by Crippen LogP contribution is 2.40. The van der Waals surface area contributed by atoms with Crippen molar-refractivity contribution in [3.8, 4) is 5.75 Å². The van der Waals surface area contributed by atoms with Crippen LogP contribution in [0.4, 0.5) is 0 Å². The number of hydrogen-bond acceptors (Lipinski definition) is 4. The van der Waals surface area contributed by atoms with E-state index in [0.717, 1.165) is 22.4 Å². The summed E-state index contributed by atoms with van der Waals surface area (Å²) in [6.07, 6.45) is -0.545. The number of benzene rings is 3. The highest BCUT2D eigenvalue weighted by atomic mass is 16.5. The van der Waals surface area contributed by atoms with Gasteiger partial charge in [0.25, 0.3) is 0 Å². The van der Waals surface area contributed by atoms with Gasteiger partial charge in [-0.1, -0.05) is 78.9 Å². The van der Waals surface area contributed by atoms with Gasteiger partial charge in [-0.25, -0.2) is 0 Å². The van der Waals surface area contributed by atoms with E-state index in [-0.39, 0.29) is 0 Å². The number of methoxy groups -OCH3 is 1. The molecule has 3 rings (SSSR count). The molecule has 28 heavy (non-hydrogen) atoms. The van der Waals surface area contributed by atoms with Crippen LogP contribution in [0, 0.1) is 0 Å². The van der Waals surface area contributed by atoms with Crippen LogP contribution in [0.2, 0.25) is 0 Å². The molecule has 0 fully saturated rings. The van der Waals surface area contributed by atoms with Gasteiger partial charge in [-0.15, -0.1) is 0 Å². The molecule has 4 heteroatoms. The van der Waals surface area contributed by atoms with Gasteiger partial charge in [0.05, 0.1) is 12.6 Å². The summed E-state index contributed by atoms with van der Waals surface area (Å²) in [4.78, 5) is 0. The first-order chi connectivity index (χ1) is 13.7. The highest BCUT2D eigenvalue weighted by Gasteiger charge is 2.37. The minimum absolute atomic E-state index is 0.545. The Morgan fingerprint density at radius 2 is 1.36 bits per heavy atom. The smallest absolute Gasteiger partial charge is 0.124 e. The van der Waals surface area contributed by atoms with E-state index < -0.39 is 11.8 Å². The molecule has 1 unspecified atom stereocenters. The minimum atomic E-state index is -0.588. The summed E-state index contributed by atoms with van der Waals surface area (Å²) in [6, 6.07) is 28.9. The second-order valence-electron chi connectivity index (χ2n) is 6.74. The topological polar surface area (TPSA) is 53.5 Å². The molecule has 3 N–H and O–H groups in total. The van der Waals surface area contributed by atoms with Gasteiger partial charge in [-0.3, -0.25) is 10.6 Å². The largest absolute Gasteiger partial charge is 0.496 e. The van der Waals surface area contributed by atoms with Crippen LogP contribution in [0.5, 0.6) is 5.75 Å². The van der Waals surface area contributed by atoms with E-state index in [1.165, 1.54) is 0 Å². The van der Waals surface area contributed by atoms with Gasteiger partial charge in [-0.2, -0.15) is 0 Å². The molecule has 0 bridgehead atoms. The van der Waals surface area contributed by atoms with Crippen molar-refractivity contribution in [2.75, 3.05) is 20.2 Å². The third-order valence-corrected chi connectivity index (χ3v) is 4.88. The Hall–Kier alpha value is -2.66. The number of aliphatic hydroxyl groups is 1. The van der Waals surface area contributed by atoms with Crippen molar-refractivity contribution in [2.24, 2.45) is 0 Å². The van der Waals surface area contributed by atoms with Gasteiger partial charge in [0.1, 0.15) is 12.0 Å². The van der Waals surface area contributed by atoms with E-state index >= 15 is 0 Å². The predicted molar refractivity (Wildman–Crippen MR) is 113 cm³/mol. The van der Waals surface area contributed by atoms with Crippen LogP contribution in [0.25, 0.3) is 0 Å². The van der Waals surface area contributed by atoms with Gasteiger partial charge in [-0.05, 0) is 24.1 Å². The fourth-order valence-electron chi connectivity index (χ4n) is 3.64. The SMILES string of the molecule is COc1ccccc1C(NCCNC(C)O)(c1ccccc1)c1ccccc1. The van der Waals surface area contributed by atoms with Crippen LogP contribution >= 0.6 is 0 Å². The normalized spacial score (nSPS) is 12.5. The molecule has 0 aromatic heterocycles. The third-order valence-electron chi connectivity index (χ3n) is 4.88. The quantitative estimate of drug-likeness (QED) is 0.304. The summed E-state index contributed by atoms with van der Waals surface area (Å²) in [7, 11) is 1.70. The van der Waals surface area contributed by atoms with Crippen LogP contribution in [-0.2, 0) is 5.54 Å². The van der Waals surface area contributed by atoms with Crippen molar-refractivity contribution in [2.45, 2.75) is 18.7 Å². The minimum Gasteiger partial charge on any atom is -0.496 e. The third kappa shape index (κ3) is 4.25. The monoisotopic (exact) mass is 376 g/mol. The summed E-state index contributed by atoms with van der Waals surface area (Å²) in [5.41, 5.74) is 2.72. The Bertz CT molecular complexity index is 811. The number of rotatable bonds is 9. The van der Waals surface area contributed by atoms with Crippen LogP contribution in [0.1, 0.15) is 23.6 Å². The van der Waals surface area contributed by atoms with Gasteiger partial charge in [0, 0.05) is 18.7 Å². The number of aliphatic hydroxyl groups excluding tert-OH is 1. The van der Waals surface area contributed by atoms with Crippen LogP contribution in [-0.4, -0.2) is 31.5 Å². The average Bonchev–Trinajstić information content (AvgIpc) is 2.75. The van der Waals surface area contributed by atoms with E-state index in [0.29, 0.717) is 13.1 Å². The second-order valence-corrected chi connectivity index (χ2v) is 6.74. The van der Waals surface area contributed by atoms with Crippen molar-refractivity contribution >= 4 is 0 Å². The van der Waals surface area contributed by atoms with Crippen LogP contribution in [0.3, 0.4) is 0 Å². The summed E-state index contributed by atoms with van der Waals surface area (Å²) < 4.78 is 5.74. The van der Waals surface area contributed by atoms with E-state index in [4.69, 9.17) is 4.74 Å². The predicted octanol–water partition coefficient (Wildman–Crippen LogP) is 3.50. The molecule has 0 radical (unpaired) electrons. The molecule has 0 aliphatic heterocycles. The molecule has 146 valence electrons. The van der Waals surface area contributed by atoms with Crippen molar-refractivity contribution in [1.82, 2.24) is 10.6 Å². The second kappa shape index (κ2) is 9.51. The van der Waals surface area contributed by atoms with Gasteiger partial charge in [0.2, 0.25) is 0 Å². The van der Waals surface area contributed by atoms with E-state index in [1.807, 2.05) is 30.3 Å². The van der Waals surface area contributed by atoms with Crippen molar-refractivity contribution in [1.29, 1.82) is 0 Å². The van der Waals surface area contributed by atoms with Crippen LogP contribution < -0.4 is 15.4 Å². The summed E-state index contributed by atoms with van der Waals surface area (Å²) in [5.74, 6) is 0.825. The molecule has 0 heterocycles. The lowest BCUT2D eigenvalue weighted by molar-refractivity contribution is 0.156. The average molecular weight is 377 g/mol. The Morgan fingerprint density at radius 1 is 0.821 bits per heavy atom. The molecule has 4 nitrogen and oxygen atoms in total. The zero-order valence-electron chi connectivity index (χ0n) is 16.4. The fraction of sp³-hybridized carbons (Fsp3) is 0.250. The highest BCUT2D eigenvalue weighted by molar-refractivity contribution is 5.54. The van der Waals surface area contributed by atoms with Gasteiger partial charge in [0.15, 0.2) is 0 Å².